The first-order valence-corrected chi connectivity index (χ1v) is 9.10. The highest BCUT2D eigenvalue weighted by Crippen LogP contribution is 2.18. The summed E-state index contributed by atoms with van der Waals surface area (Å²) in [7, 11) is 0. The number of rotatable bonds is 6. The van der Waals surface area contributed by atoms with Crippen molar-refractivity contribution >= 4 is 5.91 Å². The molecule has 0 aliphatic carbocycles. The summed E-state index contributed by atoms with van der Waals surface area (Å²) in [6.45, 7) is 12.6. The fourth-order valence-electron chi connectivity index (χ4n) is 3.67. The number of hydrogen-bond acceptors (Lipinski definition) is 4. The van der Waals surface area contributed by atoms with Crippen molar-refractivity contribution in [1.82, 2.24) is 29.8 Å². The fourth-order valence-corrected chi connectivity index (χ4v) is 3.67. The van der Waals surface area contributed by atoms with Crippen LogP contribution in [-0.2, 0) is 6.54 Å². The molecule has 25 heavy (non-hydrogen) atoms. The van der Waals surface area contributed by atoms with Crippen molar-refractivity contribution in [3.8, 4) is 0 Å². The van der Waals surface area contributed by atoms with Crippen molar-refractivity contribution in [2.45, 2.75) is 46.7 Å². The Morgan fingerprint density at radius 3 is 2.72 bits per heavy atom. The Balaban J connectivity index is 1.64. The zero-order valence-electron chi connectivity index (χ0n) is 15.6. The van der Waals surface area contributed by atoms with E-state index in [-0.39, 0.29) is 5.91 Å². The van der Waals surface area contributed by atoms with E-state index in [2.05, 4.69) is 34.0 Å². The van der Waals surface area contributed by atoms with Gasteiger partial charge in [0.1, 0.15) is 5.69 Å². The lowest BCUT2D eigenvalue weighted by Crippen LogP contribution is -2.38. The summed E-state index contributed by atoms with van der Waals surface area (Å²) in [4.78, 5) is 17.1. The molecule has 0 radical (unpaired) electrons. The van der Waals surface area contributed by atoms with E-state index < -0.39 is 0 Å². The third-order valence-electron chi connectivity index (χ3n) is 5.05. The largest absolute Gasteiger partial charge is 0.336 e. The average Bonchev–Trinajstić information content (AvgIpc) is 3.30. The van der Waals surface area contributed by atoms with E-state index >= 15 is 0 Å². The number of aromatic nitrogens is 4. The molecular formula is C18H28N6O. The molecule has 1 atom stereocenters. The van der Waals surface area contributed by atoms with Crippen molar-refractivity contribution in [1.29, 1.82) is 0 Å². The minimum absolute atomic E-state index is 0.0190. The molecule has 2 aromatic rings. The van der Waals surface area contributed by atoms with Crippen LogP contribution in [0.1, 0.15) is 47.8 Å². The molecule has 7 heteroatoms. The van der Waals surface area contributed by atoms with Gasteiger partial charge in [0.2, 0.25) is 0 Å². The van der Waals surface area contributed by atoms with Gasteiger partial charge in [-0.1, -0.05) is 13.8 Å². The van der Waals surface area contributed by atoms with Crippen molar-refractivity contribution in [3.05, 3.63) is 34.9 Å². The predicted molar refractivity (Wildman–Crippen MR) is 96.6 cm³/mol. The Morgan fingerprint density at radius 1 is 1.32 bits per heavy atom. The molecule has 1 amide bonds. The number of carbonyl (C=O) groups is 1. The SMILES string of the molecule is CCN(CC)[C@@H]1CCN(C(=O)c2cc(Cn3nc(C)cc3C)[nH]n2)C1. The van der Waals surface area contributed by atoms with Crippen LogP contribution in [-0.4, -0.2) is 67.9 Å². The molecule has 1 aliphatic rings. The summed E-state index contributed by atoms with van der Waals surface area (Å²) in [5.74, 6) is 0.0190. The van der Waals surface area contributed by atoms with Crippen molar-refractivity contribution in [3.63, 3.8) is 0 Å². The molecule has 1 fully saturated rings. The molecule has 0 aromatic carbocycles. The van der Waals surface area contributed by atoms with Crippen LogP contribution >= 0.6 is 0 Å². The molecule has 3 heterocycles. The Kier molecular flexibility index (Phi) is 5.22. The second-order valence-electron chi connectivity index (χ2n) is 6.78. The monoisotopic (exact) mass is 344 g/mol. The zero-order valence-corrected chi connectivity index (χ0v) is 15.6. The van der Waals surface area contributed by atoms with Crippen molar-refractivity contribution in [2.24, 2.45) is 0 Å². The number of nitrogens with one attached hydrogen (secondary N) is 1. The van der Waals surface area contributed by atoms with Gasteiger partial charge in [0, 0.05) is 24.8 Å². The second-order valence-corrected chi connectivity index (χ2v) is 6.78. The van der Waals surface area contributed by atoms with E-state index in [1.807, 2.05) is 35.6 Å². The molecule has 136 valence electrons. The van der Waals surface area contributed by atoms with Gasteiger partial charge in [-0.25, -0.2) is 0 Å². The highest BCUT2D eigenvalue weighted by Gasteiger charge is 2.30. The maximum Gasteiger partial charge on any atom is 0.274 e. The summed E-state index contributed by atoms with van der Waals surface area (Å²) in [6.07, 6.45) is 1.04. The third-order valence-corrected chi connectivity index (χ3v) is 5.05. The molecule has 1 saturated heterocycles. The summed E-state index contributed by atoms with van der Waals surface area (Å²) in [6, 6.07) is 4.36. The highest BCUT2D eigenvalue weighted by molar-refractivity contribution is 5.92. The van der Waals surface area contributed by atoms with E-state index in [1.165, 1.54) is 0 Å². The Morgan fingerprint density at radius 2 is 2.08 bits per heavy atom. The Labute approximate surface area is 149 Å². The van der Waals surface area contributed by atoms with Crippen molar-refractivity contribution in [2.75, 3.05) is 26.2 Å². The standard InChI is InChI=1S/C18H28N6O/c1-5-22(6-2)16-7-8-23(12-16)18(25)17-10-15(19-20-17)11-24-14(4)9-13(3)21-24/h9-10,16H,5-8,11-12H2,1-4H3,(H,19,20)/t16-/m1/s1. The zero-order chi connectivity index (χ0) is 18.0. The van der Waals surface area contributed by atoms with Crippen molar-refractivity contribution < 1.29 is 4.79 Å². The number of aromatic amines is 1. The molecule has 0 bridgehead atoms. The van der Waals surface area contributed by atoms with Gasteiger partial charge >= 0.3 is 0 Å². The lowest BCUT2D eigenvalue weighted by Gasteiger charge is -2.25. The summed E-state index contributed by atoms with van der Waals surface area (Å²) < 4.78 is 1.92. The Hall–Kier alpha value is -2.15. The van der Waals surface area contributed by atoms with Gasteiger partial charge in [0.25, 0.3) is 5.91 Å². The number of hydrogen-bond donors (Lipinski definition) is 1. The number of likely N-dealkylation sites (tertiary alicyclic amines) is 1. The fraction of sp³-hybridized carbons (Fsp3) is 0.611. The lowest BCUT2D eigenvalue weighted by atomic mass is 10.2. The summed E-state index contributed by atoms with van der Waals surface area (Å²) in [5, 5.41) is 11.7. The number of H-pyrrole nitrogens is 1. The average molecular weight is 344 g/mol. The minimum atomic E-state index is 0.0190. The van der Waals surface area contributed by atoms with Gasteiger partial charge in [-0.15, -0.1) is 0 Å². The van der Waals surface area contributed by atoms with Crippen LogP contribution < -0.4 is 0 Å². The van der Waals surface area contributed by atoms with Gasteiger partial charge in [-0.3, -0.25) is 19.5 Å². The number of aryl methyl sites for hydroxylation is 2. The van der Waals surface area contributed by atoms with Gasteiger partial charge in [0.05, 0.1) is 17.9 Å². The van der Waals surface area contributed by atoms with Gasteiger partial charge in [-0.2, -0.15) is 10.2 Å². The van der Waals surface area contributed by atoms with E-state index in [0.717, 1.165) is 49.7 Å². The van der Waals surface area contributed by atoms with E-state index in [1.54, 1.807) is 0 Å². The highest BCUT2D eigenvalue weighted by atomic mass is 16.2. The molecule has 0 unspecified atom stereocenters. The normalized spacial score (nSPS) is 17.6. The van der Waals surface area contributed by atoms with Gasteiger partial charge < -0.3 is 4.90 Å². The quantitative estimate of drug-likeness (QED) is 0.868. The number of carbonyl (C=O) groups excluding carboxylic acids is 1. The maximum atomic E-state index is 12.7. The number of amides is 1. The first-order chi connectivity index (χ1) is 12.0. The predicted octanol–water partition coefficient (Wildman–Crippen LogP) is 1.83. The number of likely N-dealkylation sites (N-methyl/N-ethyl adjacent to an activating group) is 1. The molecule has 1 aliphatic heterocycles. The summed E-state index contributed by atoms with van der Waals surface area (Å²) in [5.41, 5.74) is 3.49. The molecule has 0 saturated carbocycles. The maximum absolute atomic E-state index is 12.7. The topological polar surface area (TPSA) is 70.1 Å². The molecule has 2 aromatic heterocycles. The van der Waals surface area contributed by atoms with Crippen LogP contribution in [0.3, 0.4) is 0 Å². The van der Waals surface area contributed by atoms with Crippen LogP contribution in [0.5, 0.6) is 0 Å². The lowest BCUT2D eigenvalue weighted by molar-refractivity contribution is 0.0772. The van der Waals surface area contributed by atoms with Gasteiger partial charge in [-0.05, 0) is 45.5 Å². The minimum Gasteiger partial charge on any atom is -0.336 e. The molecule has 3 rings (SSSR count). The Bertz CT molecular complexity index is 730. The molecular weight excluding hydrogens is 316 g/mol. The van der Waals surface area contributed by atoms with E-state index in [0.29, 0.717) is 18.3 Å². The first-order valence-electron chi connectivity index (χ1n) is 9.10. The van der Waals surface area contributed by atoms with E-state index in [9.17, 15) is 4.79 Å². The summed E-state index contributed by atoms with van der Waals surface area (Å²) >= 11 is 0. The molecule has 7 nitrogen and oxygen atoms in total. The smallest absolute Gasteiger partial charge is 0.274 e. The third kappa shape index (κ3) is 3.76. The molecule has 0 spiro atoms. The second kappa shape index (κ2) is 7.39. The van der Waals surface area contributed by atoms with Gasteiger partial charge in [0.15, 0.2) is 0 Å². The van der Waals surface area contributed by atoms with Crippen LogP contribution in [0, 0.1) is 13.8 Å². The van der Waals surface area contributed by atoms with E-state index in [4.69, 9.17) is 0 Å². The molecule has 1 N–H and O–H groups in total. The van der Waals surface area contributed by atoms with Crippen LogP contribution in [0.25, 0.3) is 0 Å². The number of nitrogens with zero attached hydrogens (tertiary/aromatic N) is 5. The first kappa shape index (κ1) is 17.7. The van der Waals surface area contributed by atoms with Crippen LogP contribution in [0.4, 0.5) is 0 Å². The van der Waals surface area contributed by atoms with Crippen LogP contribution in [0.2, 0.25) is 0 Å². The van der Waals surface area contributed by atoms with Crippen LogP contribution in [0.15, 0.2) is 12.1 Å².